The van der Waals surface area contributed by atoms with Gasteiger partial charge in [-0.05, 0) is 19.1 Å². The average Bonchev–Trinajstić information content (AvgIpc) is 2.26. The first-order chi connectivity index (χ1) is 7.85. The molecule has 1 aromatic carbocycles. The van der Waals surface area contributed by atoms with E-state index >= 15 is 0 Å². The molecule has 1 aromatic rings. The van der Waals surface area contributed by atoms with Gasteiger partial charge in [0.1, 0.15) is 11.6 Å². The van der Waals surface area contributed by atoms with E-state index in [4.69, 9.17) is 4.74 Å². The summed E-state index contributed by atoms with van der Waals surface area (Å²) in [6.07, 6.45) is 0. The quantitative estimate of drug-likeness (QED) is 0.610. The van der Waals surface area contributed by atoms with Crippen LogP contribution in [0.15, 0.2) is 18.2 Å². The highest BCUT2D eigenvalue weighted by Gasteiger charge is 2.19. The summed E-state index contributed by atoms with van der Waals surface area (Å²) in [5.74, 6) is -0.218. The van der Waals surface area contributed by atoms with Crippen LogP contribution in [0.2, 0.25) is 0 Å². The van der Waals surface area contributed by atoms with E-state index < -0.39 is 5.82 Å². The zero-order chi connectivity index (χ0) is 13.1. The van der Waals surface area contributed by atoms with E-state index in [1.54, 1.807) is 0 Å². The minimum atomic E-state index is -0.401. The zero-order valence-corrected chi connectivity index (χ0v) is 11.8. The number of benzene rings is 1. The molecule has 2 nitrogen and oxygen atoms in total. The van der Waals surface area contributed by atoms with Gasteiger partial charge in [0.2, 0.25) is 0 Å². The van der Waals surface area contributed by atoms with Gasteiger partial charge in [-0.25, -0.2) is 4.39 Å². The van der Waals surface area contributed by atoms with Crippen molar-refractivity contribution >= 4 is 21.7 Å². The summed E-state index contributed by atoms with van der Waals surface area (Å²) >= 11 is 3.39. The standard InChI is InChI=1S/C13H16BrFO2/c1-9(16)11-5-4-10(15)6-12(11)17-8-13(2,3)7-14/h4-6H,7-8H2,1-3H3. The van der Waals surface area contributed by atoms with Gasteiger partial charge >= 0.3 is 0 Å². The molecule has 0 fully saturated rings. The van der Waals surface area contributed by atoms with Crippen molar-refractivity contribution in [2.24, 2.45) is 5.41 Å². The smallest absolute Gasteiger partial charge is 0.163 e. The molecule has 4 heteroatoms. The number of ketones is 1. The van der Waals surface area contributed by atoms with Gasteiger partial charge < -0.3 is 4.74 Å². The Balaban J connectivity index is 2.89. The van der Waals surface area contributed by atoms with Crippen molar-refractivity contribution in [3.8, 4) is 5.75 Å². The third kappa shape index (κ3) is 4.11. The minimum absolute atomic E-state index is 0.0691. The molecule has 0 aliphatic heterocycles. The number of hydrogen-bond donors (Lipinski definition) is 0. The molecule has 0 saturated carbocycles. The Morgan fingerprint density at radius 2 is 2.12 bits per heavy atom. The van der Waals surface area contributed by atoms with Gasteiger partial charge in [0, 0.05) is 16.8 Å². The molecule has 17 heavy (non-hydrogen) atoms. The van der Waals surface area contributed by atoms with E-state index in [2.05, 4.69) is 15.9 Å². The molecule has 0 radical (unpaired) electrons. The van der Waals surface area contributed by atoms with Crippen molar-refractivity contribution in [1.29, 1.82) is 0 Å². The van der Waals surface area contributed by atoms with Gasteiger partial charge in [0.15, 0.2) is 5.78 Å². The Morgan fingerprint density at radius 1 is 1.47 bits per heavy atom. The third-order valence-electron chi connectivity index (χ3n) is 2.30. The van der Waals surface area contributed by atoms with Crippen molar-refractivity contribution in [3.63, 3.8) is 0 Å². The third-order valence-corrected chi connectivity index (χ3v) is 3.82. The number of hydrogen-bond acceptors (Lipinski definition) is 2. The second-order valence-electron chi connectivity index (χ2n) is 4.78. The molecular weight excluding hydrogens is 287 g/mol. The largest absolute Gasteiger partial charge is 0.492 e. The van der Waals surface area contributed by atoms with Crippen LogP contribution in [0.5, 0.6) is 5.75 Å². The van der Waals surface area contributed by atoms with Crippen LogP contribution < -0.4 is 4.74 Å². The van der Waals surface area contributed by atoms with Crippen LogP contribution >= 0.6 is 15.9 Å². The molecule has 0 atom stereocenters. The number of carbonyl (C=O) groups is 1. The summed E-state index contributed by atoms with van der Waals surface area (Å²) in [5.41, 5.74) is 0.345. The van der Waals surface area contributed by atoms with Gasteiger partial charge in [-0.3, -0.25) is 4.79 Å². The summed E-state index contributed by atoms with van der Waals surface area (Å²) in [6.45, 7) is 5.90. The summed E-state index contributed by atoms with van der Waals surface area (Å²) in [5, 5.41) is 0.769. The van der Waals surface area contributed by atoms with Gasteiger partial charge in [-0.2, -0.15) is 0 Å². The van der Waals surface area contributed by atoms with Crippen LogP contribution in [0.4, 0.5) is 4.39 Å². The molecule has 0 unspecified atom stereocenters. The summed E-state index contributed by atoms with van der Waals surface area (Å²) in [6, 6.07) is 3.97. The lowest BCUT2D eigenvalue weighted by atomic mass is 9.98. The highest BCUT2D eigenvalue weighted by Crippen LogP contribution is 2.24. The van der Waals surface area contributed by atoms with E-state index in [-0.39, 0.29) is 11.2 Å². The topological polar surface area (TPSA) is 26.3 Å². The van der Waals surface area contributed by atoms with Crippen molar-refractivity contribution in [3.05, 3.63) is 29.6 Å². The van der Waals surface area contributed by atoms with Gasteiger partial charge in [0.25, 0.3) is 0 Å². The second-order valence-corrected chi connectivity index (χ2v) is 5.34. The average molecular weight is 303 g/mol. The van der Waals surface area contributed by atoms with Crippen molar-refractivity contribution < 1.29 is 13.9 Å². The van der Waals surface area contributed by atoms with E-state index in [9.17, 15) is 9.18 Å². The van der Waals surface area contributed by atoms with Crippen LogP contribution in [0.3, 0.4) is 0 Å². The number of Topliss-reactive ketones (excluding diaryl/α,β-unsaturated/α-hetero) is 1. The number of halogens is 2. The second kappa shape index (κ2) is 5.63. The highest BCUT2D eigenvalue weighted by atomic mass is 79.9. The number of rotatable bonds is 5. The Hall–Kier alpha value is -0.900. The Labute approximate surface area is 109 Å². The molecule has 94 valence electrons. The minimum Gasteiger partial charge on any atom is -0.492 e. The van der Waals surface area contributed by atoms with E-state index in [0.717, 1.165) is 5.33 Å². The molecule has 0 aromatic heterocycles. The molecule has 0 amide bonds. The summed E-state index contributed by atoms with van der Waals surface area (Å²) in [7, 11) is 0. The van der Waals surface area contributed by atoms with Crippen LogP contribution in [-0.2, 0) is 0 Å². The first-order valence-electron chi connectivity index (χ1n) is 5.35. The van der Waals surface area contributed by atoms with Crippen LogP contribution in [0.25, 0.3) is 0 Å². The molecule has 0 bridgehead atoms. The van der Waals surface area contributed by atoms with Gasteiger partial charge in [-0.15, -0.1) is 0 Å². The maximum Gasteiger partial charge on any atom is 0.163 e. The fourth-order valence-electron chi connectivity index (χ4n) is 1.22. The molecule has 1 rings (SSSR count). The Bertz CT molecular complexity index is 416. The summed E-state index contributed by atoms with van der Waals surface area (Å²) in [4.78, 5) is 11.4. The maximum absolute atomic E-state index is 13.1. The fourth-order valence-corrected chi connectivity index (χ4v) is 1.38. The molecule has 0 aliphatic rings. The predicted molar refractivity (Wildman–Crippen MR) is 69.5 cm³/mol. The Morgan fingerprint density at radius 3 is 2.65 bits per heavy atom. The Kier molecular flexibility index (Phi) is 4.69. The maximum atomic E-state index is 13.1. The van der Waals surface area contributed by atoms with E-state index in [0.29, 0.717) is 17.9 Å². The van der Waals surface area contributed by atoms with Crippen LogP contribution in [-0.4, -0.2) is 17.7 Å². The zero-order valence-electron chi connectivity index (χ0n) is 10.2. The monoisotopic (exact) mass is 302 g/mol. The van der Waals surface area contributed by atoms with Crippen molar-refractivity contribution in [2.75, 3.05) is 11.9 Å². The van der Waals surface area contributed by atoms with E-state index in [1.165, 1.54) is 25.1 Å². The molecule has 0 saturated heterocycles. The fraction of sp³-hybridized carbons (Fsp3) is 0.462. The number of alkyl halides is 1. The lowest BCUT2D eigenvalue weighted by Gasteiger charge is -2.22. The highest BCUT2D eigenvalue weighted by molar-refractivity contribution is 9.09. The van der Waals surface area contributed by atoms with E-state index in [1.807, 2.05) is 13.8 Å². The molecule has 0 heterocycles. The van der Waals surface area contributed by atoms with Crippen LogP contribution in [0.1, 0.15) is 31.1 Å². The molecule has 0 aliphatic carbocycles. The lowest BCUT2D eigenvalue weighted by Crippen LogP contribution is -2.23. The van der Waals surface area contributed by atoms with Gasteiger partial charge in [0.05, 0.1) is 12.2 Å². The lowest BCUT2D eigenvalue weighted by molar-refractivity contribution is 0.101. The molecular formula is C13H16BrFO2. The van der Waals surface area contributed by atoms with Crippen LogP contribution in [0, 0.1) is 11.2 Å². The van der Waals surface area contributed by atoms with Crippen molar-refractivity contribution in [1.82, 2.24) is 0 Å². The number of ether oxygens (including phenoxy) is 1. The predicted octanol–water partition coefficient (Wildman–Crippen LogP) is 3.83. The molecule has 0 spiro atoms. The molecule has 0 N–H and O–H groups in total. The van der Waals surface area contributed by atoms with Gasteiger partial charge in [-0.1, -0.05) is 29.8 Å². The van der Waals surface area contributed by atoms with Crippen molar-refractivity contribution in [2.45, 2.75) is 20.8 Å². The number of carbonyl (C=O) groups excluding carboxylic acids is 1. The SMILES string of the molecule is CC(=O)c1ccc(F)cc1OCC(C)(C)CBr. The summed E-state index contributed by atoms with van der Waals surface area (Å²) < 4.78 is 18.7. The first-order valence-corrected chi connectivity index (χ1v) is 6.47. The normalized spacial score (nSPS) is 11.4. The first kappa shape index (κ1) is 14.2.